The second kappa shape index (κ2) is 8.26. The summed E-state index contributed by atoms with van der Waals surface area (Å²) in [6, 6.07) is 7.77. The molecule has 0 aliphatic heterocycles. The number of carbonyl (C=O) groups excluding carboxylic acids is 1. The van der Waals surface area contributed by atoms with Crippen molar-refractivity contribution < 1.29 is 21.8 Å². The first-order valence-corrected chi connectivity index (χ1v) is 11.4. The molecule has 4 rings (SSSR count). The summed E-state index contributed by atoms with van der Waals surface area (Å²) in [7, 11) is -3.31. The van der Waals surface area contributed by atoms with Crippen LogP contribution in [0.2, 0.25) is 0 Å². The molecule has 10 nitrogen and oxygen atoms in total. The van der Waals surface area contributed by atoms with E-state index in [4.69, 9.17) is 5.73 Å². The molecule has 0 spiro atoms. The summed E-state index contributed by atoms with van der Waals surface area (Å²) in [5, 5.41) is 6.31. The van der Waals surface area contributed by atoms with Crippen molar-refractivity contribution in [3.63, 3.8) is 0 Å². The number of anilines is 3. The van der Waals surface area contributed by atoms with Crippen molar-refractivity contribution in [1.82, 2.24) is 9.97 Å². The fourth-order valence-electron chi connectivity index (χ4n) is 2.88. The van der Waals surface area contributed by atoms with Gasteiger partial charge in [-0.05, 0) is 31.9 Å². The first-order valence-electron chi connectivity index (χ1n) is 9.82. The first-order chi connectivity index (χ1) is 14.9. The predicted molar refractivity (Wildman–Crippen MR) is 114 cm³/mol. The summed E-state index contributed by atoms with van der Waals surface area (Å²) in [4.78, 5) is 20.2. The molecule has 31 heavy (non-hydrogen) atoms. The van der Waals surface area contributed by atoms with E-state index in [-0.39, 0.29) is 11.3 Å². The molecule has 0 unspecified atom stereocenters. The number of nitrogens with one attached hydrogen (secondary N) is 2. The minimum absolute atomic E-state index is 0.0302. The van der Waals surface area contributed by atoms with E-state index in [2.05, 4.69) is 20.6 Å². The van der Waals surface area contributed by atoms with Crippen molar-refractivity contribution in [3.05, 3.63) is 60.8 Å². The summed E-state index contributed by atoms with van der Waals surface area (Å²) >= 11 is 0. The third kappa shape index (κ3) is 4.77. The van der Waals surface area contributed by atoms with Gasteiger partial charge in [-0.2, -0.15) is 18.0 Å². The standard InChI is InChI=1S/C20H21N7O3S/c1-2-31(29,30)27-11-9-26(10-12-27)16-7-5-15(6-8-16)24-20-22-13-17(18(21)28)19(25-20)23-14-3-4-14/h5-14H,2-4H2,1H3,(H2-,21,22,23,25,28)/p+2. The van der Waals surface area contributed by atoms with Crippen LogP contribution in [-0.4, -0.2) is 36.1 Å². The van der Waals surface area contributed by atoms with Gasteiger partial charge in [0.25, 0.3) is 18.3 Å². The van der Waals surface area contributed by atoms with E-state index in [0.717, 1.165) is 24.2 Å². The van der Waals surface area contributed by atoms with Crippen LogP contribution in [0.25, 0.3) is 5.69 Å². The van der Waals surface area contributed by atoms with Crippen LogP contribution in [0.15, 0.2) is 55.2 Å². The highest BCUT2D eigenvalue weighted by atomic mass is 32.2. The van der Waals surface area contributed by atoms with Crippen molar-refractivity contribution in [1.29, 1.82) is 0 Å². The van der Waals surface area contributed by atoms with E-state index in [0.29, 0.717) is 17.8 Å². The van der Waals surface area contributed by atoms with E-state index in [1.807, 2.05) is 24.3 Å². The number of amides is 1. The number of benzene rings is 1. The molecule has 1 aliphatic rings. The van der Waals surface area contributed by atoms with Crippen molar-refractivity contribution in [3.8, 4) is 5.69 Å². The van der Waals surface area contributed by atoms with Crippen LogP contribution >= 0.6 is 0 Å². The van der Waals surface area contributed by atoms with Crippen LogP contribution in [-0.2, 0) is 10.0 Å². The number of hydrogen-bond acceptors (Lipinski definition) is 7. The molecule has 4 N–H and O–H groups in total. The molecule has 160 valence electrons. The fourth-order valence-corrected chi connectivity index (χ4v) is 3.66. The van der Waals surface area contributed by atoms with Gasteiger partial charge in [-0.1, -0.05) is 3.97 Å². The van der Waals surface area contributed by atoms with Crippen LogP contribution in [0.1, 0.15) is 30.1 Å². The summed E-state index contributed by atoms with van der Waals surface area (Å²) in [6.45, 7) is 1.60. The average molecular weight is 442 g/mol. The Bertz CT molecular complexity index is 1210. The van der Waals surface area contributed by atoms with Gasteiger partial charge in [0.15, 0.2) is 0 Å². The number of aromatic nitrogens is 4. The quantitative estimate of drug-likeness (QED) is 0.437. The Morgan fingerprint density at radius 2 is 1.84 bits per heavy atom. The average Bonchev–Trinajstić information content (AvgIpc) is 3.58. The maximum atomic E-state index is 11.9. The normalized spacial score (nSPS) is 13.6. The van der Waals surface area contributed by atoms with Gasteiger partial charge in [0.2, 0.25) is 24.0 Å². The Morgan fingerprint density at radius 3 is 2.42 bits per heavy atom. The molecule has 1 fully saturated rings. The van der Waals surface area contributed by atoms with Crippen molar-refractivity contribution in [2.75, 3.05) is 16.4 Å². The Morgan fingerprint density at radius 1 is 1.16 bits per heavy atom. The molecule has 0 bridgehead atoms. The molecule has 1 aliphatic carbocycles. The smallest absolute Gasteiger partial charge is 0.367 e. The van der Waals surface area contributed by atoms with E-state index in [9.17, 15) is 13.2 Å². The topological polar surface area (TPSA) is 135 Å². The van der Waals surface area contributed by atoms with Gasteiger partial charge in [-0.3, -0.25) is 4.79 Å². The van der Waals surface area contributed by atoms with Gasteiger partial charge < -0.3 is 16.4 Å². The zero-order chi connectivity index (χ0) is 22.0. The Hall–Kier alpha value is -3.60. The lowest BCUT2D eigenvalue weighted by atomic mass is 10.2. The molecule has 1 aromatic carbocycles. The van der Waals surface area contributed by atoms with Gasteiger partial charge in [0, 0.05) is 30.1 Å². The number of nitrogens with two attached hydrogens (primary N) is 1. The second-order valence-electron chi connectivity index (χ2n) is 7.14. The maximum Gasteiger partial charge on any atom is 0.369 e. The highest BCUT2D eigenvalue weighted by molar-refractivity contribution is 7.84. The lowest BCUT2D eigenvalue weighted by molar-refractivity contribution is -0.627. The van der Waals surface area contributed by atoms with Crippen LogP contribution < -0.4 is 24.9 Å². The number of primary amides is 1. The van der Waals surface area contributed by atoms with Crippen molar-refractivity contribution in [2.24, 2.45) is 5.73 Å². The molecule has 0 atom stereocenters. The highest BCUT2D eigenvalue weighted by Crippen LogP contribution is 2.26. The molecular weight excluding hydrogens is 418 g/mol. The molecule has 0 saturated heterocycles. The van der Waals surface area contributed by atoms with Crippen LogP contribution in [0, 0.1) is 0 Å². The van der Waals surface area contributed by atoms with E-state index < -0.39 is 15.9 Å². The van der Waals surface area contributed by atoms with Gasteiger partial charge in [-0.15, -0.1) is 0 Å². The summed E-state index contributed by atoms with van der Waals surface area (Å²) in [6.07, 6.45) is 9.85. The number of hydrogen-bond donors (Lipinski definition) is 3. The minimum Gasteiger partial charge on any atom is -0.367 e. The fraction of sp³-hybridized carbons (Fsp3) is 0.250. The maximum absolute atomic E-state index is 11.9. The summed E-state index contributed by atoms with van der Waals surface area (Å²) in [5.41, 5.74) is 7.28. The van der Waals surface area contributed by atoms with Crippen LogP contribution in [0.4, 0.5) is 17.5 Å². The van der Waals surface area contributed by atoms with Gasteiger partial charge >= 0.3 is 10.0 Å². The first kappa shape index (κ1) is 20.7. The molecule has 3 aromatic rings. The monoisotopic (exact) mass is 441 g/mol. The summed E-state index contributed by atoms with van der Waals surface area (Å²) < 4.78 is 26.8. The van der Waals surface area contributed by atoms with E-state index in [1.165, 1.54) is 22.6 Å². The van der Waals surface area contributed by atoms with Gasteiger partial charge in [0.1, 0.15) is 11.6 Å². The molecule has 11 heteroatoms. The van der Waals surface area contributed by atoms with E-state index in [1.54, 1.807) is 23.9 Å². The van der Waals surface area contributed by atoms with E-state index >= 15 is 0 Å². The molecule has 2 aromatic heterocycles. The highest BCUT2D eigenvalue weighted by Gasteiger charge is 2.24. The van der Waals surface area contributed by atoms with Crippen LogP contribution in [0.3, 0.4) is 0 Å². The van der Waals surface area contributed by atoms with Crippen molar-refractivity contribution in [2.45, 2.75) is 25.8 Å². The molecule has 1 amide bonds. The zero-order valence-corrected chi connectivity index (χ0v) is 17.7. The lowest BCUT2D eigenvalue weighted by Gasteiger charge is -2.10. The molecule has 1 saturated carbocycles. The Labute approximate surface area is 179 Å². The van der Waals surface area contributed by atoms with Gasteiger partial charge in [-0.25, -0.2) is 4.98 Å². The second-order valence-corrected chi connectivity index (χ2v) is 9.31. The molecular formula is C20H23N7O3S+2. The third-order valence-corrected chi connectivity index (χ3v) is 6.44. The van der Waals surface area contributed by atoms with Crippen molar-refractivity contribution >= 4 is 33.4 Å². The number of carbonyl (C=O) groups is 1. The molecule has 0 radical (unpaired) electrons. The third-order valence-electron chi connectivity index (χ3n) is 4.83. The predicted octanol–water partition coefficient (Wildman–Crippen LogP) is 0.655. The lowest BCUT2D eigenvalue weighted by Crippen LogP contribution is -2.46. The molecule has 2 heterocycles. The zero-order valence-electron chi connectivity index (χ0n) is 16.9. The Balaban J connectivity index is 1.50. The summed E-state index contributed by atoms with van der Waals surface area (Å²) in [5.74, 6) is 0.230. The largest absolute Gasteiger partial charge is 0.369 e. The van der Waals surface area contributed by atoms with Crippen LogP contribution in [0.5, 0.6) is 0 Å². The minimum atomic E-state index is -3.31. The number of nitrogens with zero attached hydrogens (tertiary/aromatic N) is 4. The number of rotatable bonds is 8. The SMILES string of the molecule is CCS(=O)(=O)[n+]1cc[n+](-c2ccc(Nc3ncc(C(N)=O)c(NC4CC4)n3)cc2)cc1. The van der Waals surface area contributed by atoms with Gasteiger partial charge in [0.05, 0.1) is 5.56 Å². The Kier molecular flexibility index (Phi) is 5.51.